The van der Waals surface area contributed by atoms with Gasteiger partial charge in [-0.15, -0.1) is 0 Å². The summed E-state index contributed by atoms with van der Waals surface area (Å²) < 4.78 is 18.1. The van der Waals surface area contributed by atoms with E-state index in [1.165, 1.54) is 16.8 Å². The first-order chi connectivity index (χ1) is 9.62. The van der Waals surface area contributed by atoms with Gasteiger partial charge in [0, 0.05) is 26.5 Å². The Bertz CT molecular complexity index is 552. The highest BCUT2D eigenvalue weighted by Gasteiger charge is 2.46. The van der Waals surface area contributed by atoms with E-state index in [4.69, 9.17) is 14.2 Å². The number of hydrogen-bond acceptors (Lipinski definition) is 5. The van der Waals surface area contributed by atoms with E-state index < -0.39 is 23.6 Å². The molecule has 1 saturated heterocycles. The molecule has 1 aliphatic rings. The van der Waals surface area contributed by atoms with Crippen LogP contribution in [0.25, 0.3) is 0 Å². The van der Waals surface area contributed by atoms with E-state index >= 15 is 0 Å². The Labute approximate surface area is 116 Å². The third kappa shape index (κ3) is 2.70. The molecule has 0 radical (unpaired) electrons. The van der Waals surface area contributed by atoms with Crippen LogP contribution in [0.1, 0.15) is 26.0 Å². The fraction of sp³-hybridized carbons (Fsp3) is 0.692. The molecule has 0 aliphatic carbocycles. The van der Waals surface area contributed by atoms with Crippen LogP contribution in [0.2, 0.25) is 0 Å². The molecule has 0 saturated carbocycles. The first-order valence-electron chi connectivity index (χ1n) is 6.64. The first-order valence-corrected chi connectivity index (χ1v) is 6.64. The van der Waals surface area contributed by atoms with Crippen molar-refractivity contribution in [3.8, 4) is 0 Å². The molecular formula is C13H20N2O5. The molecule has 0 aromatic carbocycles. The lowest BCUT2D eigenvalue weighted by Crippen LogP contribution is -2.39. The van der Waals surface area contributed by atoms with Crippen LogP contribution in [0.3, 0.4) is 0 Å². The molecule has 2 rings (SSSR count). The Hall–Kier alpha value is -1.44. The molecule has 0 bridgehead atoms. The van der Waals surface area contributed by atoms with Gasteiger partial charge >= 0.3 is 5.69 Å². The van der Waals surface area contributed by atoms with E-state index in [2.05, 4.69) is 11.9 Å². The summed E-state index contributed by atoms with van der Waals surface area (Å²) in [5.74, 6) is 0. The highest BCUT2D eigenvalue weighted by atomic mass is 16.6. The van der Waals surface area contributed by atoms with Crippen LogP contribution in [0.5, 0.6) is 0 Å². The molecule has 0 amide bonds. The van der Waals surface area contributed by atoms with Crippen LogP contribution < -0.4 is 11.2 Å². The normalized spacial score (nSPS) is 29.8. The number of nitrogens with zero attached hydrogens (tertiary/aromatic N) is 1. The van der Waals surface area contributed by atoms with E-state index in [-0.39, 0.29) is 12.2 Å². The summed E-state index contributed by atoms with van der Waals surface area (Å²) in [4.78, 5) is 25.2. The summed E-state index contributed by atoms with van der Waals surface area (Å²) in [7, 11) is 3.15. The molecule has 1 aliphatic heterocycles. The van der Waals surface area contributed by atoms with Gasteiger partial charge in [0.2, 0.25) is 0 Å². The lowest BCUT2D eigenvalue weighted by Gasteiger charge is -2.22. The highest BCUT2D eigenvalue weighted by molar-refractivity contribution is 4.94. The monoisotopic (exact) mass is 284 g/mol. The zero-order chi connectivity index (χ0) is 14.7. The Morgan fingerprint density at radius 3 is 2.55 bits per heavy atom. The van der Waals surface area contributed by atoms with Gasteiger partial charge in [0.25, 0.3) is 5.56 Å². The van der Waals surface area contributed by atoms with Crippen LogP contribution in [-0.2, 0) is 14.2 Å². The van der Waals surface area contributed by atoms with Gasteiger partial charge in [-0.05, 0) is 6.42 Å². The molecule has 7 nitrogen and oxygen atoms in total. The number of ether oxygens (including phenoxy) is 3. The number of rotatable bonds is 5. The summed E-state index contributed by atoms with van der Waals surface area (Å²) in [6.45, 7) is 2.05. The molecule has 1 fully saturated rings. The molecule has 4 atom stereocenters. The smallest absolute Gasteiger partial charge is 0.330 e. The molecule has 7 heteroatoms. The second-order valence-electron chi connectivity index (χ2n) is 4.77. The predicted molar refractivity (Wildman–Crippen MR) is 71.7 cm³/mol. The summed E-state index contributed by atoms with van der Waals surface area (Å²) in [5, 5.41) is 0. The van der Waals surface area contributed by atoms with Crippen molar-refractivity contribution in [1.29, 1.82) is 0 Å². The van der Waals surface area contributed by atoms with Crippen LogP contribution in [0, 0.1) is 0 Å². The first kappa shape index (κ1) is 15.0. The average molecular weight is 284 g/mol. The number of aromatic amines is 1. The van der Waals surface area contributed by atoms with E-state index in [1.54, 1.807) is 14.2 Å². The molecule has 1 aromatic rings. The second-order valence-corrected chi connectivity index (χ2v) is 4.77. The fourth-order valence-corrected chi connectivity index (χ4v) is 2.61. The lowest BCUT2D eigenvalue weighted by molar-refractivity contribution is -0.0563. The zero-order valence-electron chi connectivity index (χ0n) is 11.9. The van der Waals surface area contributed by atoms with Crippen molar-refractivity contribution in [1.82, 2.24) is 9.55 Å². The fourth-order valence-electron chi connectivity index (χ4n) is 2.61. The van der Waals surface area contributed by atoms with Crippen LogP contribution in [-0.4, -0.2) is 42.1 Å². The average Bonchev–Trinajstić information content (AvgIpc) is 2.76. The van der Waals surface area contributed by atoms with Gasteiger partial charge in [-0.2, -0.15) is 0 Å². The maximum atomic E-state index is 11.9. The van der Waals surface area contributed by atoms with Crippen molar-refractivity contribution in [3.05, 3.63) is 33.1 Å². The number of nitrogens with one attached hydrogen (secondary N) is 1. The maximum Gasteiger partial charge on any atom is 0.330 e. The number of methoxy groups -OCH3 is 2. The predicted octanol–water partition coefficient (Wildman–Crippen LogP) is 0.264. The summed E-state index contributed by atoms with van der Waals surface area (Å²) in [5.41, 5.74) is -0.955. The molecule has 1 unspecified atom stereocenters. The summed E-state index contributed by atoms with van der Waals surface area (Å²) >= 11 is 0. The molecular weight excluding hydrogens is 264 g/mol. The Kier molecular flexibility index (Phi) is 4.74. The third-order valence-electron chi connectivity index (χ3n) is 3.53. The van der Waals surface area contributed by atoms with Gasteiger partial charge in [0.15, 0.2) is 6.23 Å². The minimum absolute atomic E-state index is 0.140. The molecule has 1 N–H and O–H groups in total. The Morgan fingerprint density at radius 1 is 1.30 bits per heavy atom. The van der Waals surface area contributed by atoms with Crippen LogP contribution >= 0.6 is 0 Å². The largest absolute Gasteiger partial charge is 0.376 e. The standard InChI is InChI=1S/C13H20N2O5/c1-4-5-8-10(18-2)11(19-3)12(20-8)15-7-6-9(16)14-13(15)17/h6-8,10-12H,4-5H2,1-3H3,(H,14,16,17)/t8-,10?,11+,12-/m1/s1. The number of hydrogen-bond donors (Lipinski definition) is 1. The van der Waals surface area contributed by atoms with Crippen molar-refractivity contribution in [2.24, 2.45) is 0 Å². The summed E-state index contributed by atoms with van der Waals surface area (Å²) in [6.07, 6.45) is 1.77. The molecule has 2 heterocycles. The van der Waals surface area contributed by atoms with Crippen molar-refractivity contribution < 1.29 is 14.2 Å². The van der Waals surface area contributed by atoms with Gasteiger partial charge in [0.1, 0.15) is 12.2 Å². The minimum Gasteiger partial charge on any atom is -0.376 e. The Morgan fingerprint density at radius 2 is 2.00 bits per heavy atom. The lowest BCUT2D eigenvalue weighted by atomic mass is 10.1. The van der Waals surface area contributed by atoms with Crippen molar-refractivity contribution in [2.75, 3.05) is 14.2 Å². The van der Waals surface area contributed by atoms with E-state index in [0.29, 0.717) is 0 Å². The van der Waals surface area contributed by atoms with Crippen molar-refractivity contribution >= 4 is 0 Å². The van der Waals surface area contributed by atoms with Gasteiger partial charge in [-0.25, -0.2) is 4.79 Å². The van der Waals surface area contributed by atoms with E-state index in [9.17, 15) is 9.59 Å². The van der Waals surface area contributed by atoms with Crippen molar-refractivity contribution in [2.45, 2.75) is 44.3 Å². The molecule has 112 valence electrons. The molecule has 0 spiro atoms. The van der Waals surface area contributed by atoms with Gasteiger partial charge < -0.3 is 14.2 Å². The van der Waals surface area contributed by atoms with Gasteiger partial charge in [-0.3, -0.25) is 14.3 Å². The molecule has 1 aromatic heterocycles. The minimum atomic E-state index is -0.606. The quantitative estimate of drug-likeness (QED) is 0.839. The van der Waals surface area contributed by atoms with E-state index in [1.807, 2.05) is 0 Å². The van der Waals surface area contributed by atoms with E-state index in [0.717, 1.165) is 12.8 Å². The highest BCUT2D eigenvalue weighted by Crippen LogP contribution is 2.34. The Balaban J connectivity index is 2.35. The van der Waals surface area contributed by atoms with Crippen LogP contribution in [0.15, 0.2) is 21.9 Å². The SMILES string of the molecule is CCC[C@H]1O[C@@H](n2ccc(=O)[nH]c2=O)[C@@H](OC)C1OC. The van der Waals surface area contributed by atoms with Gasteiger partial charge in [0.05, 0.1) is 6.10 Å². The number of H-pyrrole nitrogens is 1. The molecule has 20 heavy (non-hydrogen) atoms. The topological polar surface area (TPSA) is 82.6 Å². The maximum absolute atomic E-state index is 11.9. The number of aromatic nitrogens is 2. The van der Waals surface area contributed by atoms with Crippen molar-refractivity contribution in [3.63, 3.8) is 0 Å². The van der Waals surface area contributed by atoms with Gasteiger partial charge in [-0.1, -0.05) is 13.3 Å². The zero-order valence-corrected chi connectivity index (χ0v) is 11.9. The summed E-state index contributed by atoms with van der Waals surface area (Å²) in [6, 6.07) is 1.28. The third-order valence-corrected chi connectivity index (χ3v) is 3.53. The van der Waals surface area contributed by atoms with Crippen LogP contribution in [0.4, 0.5) is 0 Å². The second kappa shape index (κ2) is 6.34.